The molecule has 4 unspecified atom stereocenters. The van der Waals surface area contributed by atoms with Crippen LogP contribution in [-0.2, 0) is 14.3 Å². The second-order valence-corrected chi connectivity index (χ2v) is 4.58. The first kappa shape index (κ1) is 9.28. The highest BCUT2D eigenvalue weighted by Gasteiger charge is 2.49. The molecule has 5 heteroatoms. The third-order valence-electron chi connectivity index (χ3n) is 2.64. The molecular weight excluding hydrogens is 215 g/mol. The van der Waals surface area contributed by atoms with Crippen LogP contribution in [0.2, 0.25) is 0 Å². The molecule has 1 aliphatic carbocycles. The summed E-state index contributed by atoms with van der Waals surface area (Å²) in [6, 6.07) is 0. The molecule has 0 N–H and O–H groups in total. The predicted molar refractivity (Wildman–Crippen MR) is 46.6 cm³/mol. The van der Waals surface area contributed by atoms with Crippen molar-refractivity contribution in [3.63, 3.8) is 0 Å². The molecule has 2 rings (SSSR count). The molecule has 0 radical (unpaired) electrons. The minimum absolute atomic E-state index is 0.235. The quantitative estimate of drug-likeness (QED) is 0.353. The maximum atomic E-state index is 11.1. The summed E-state index contributed by atoms with van der Waals surface area (Å²) in [5.41, 5.74) is 0. The summed E-state index contributed by atoms with van der Waals surface area (Å²) < 4.78 is 4.51. The highest BCUT2D eigenvalue weighted by Crippen LogP contribution is 2.40. The van der Waals surface area contributed by atoms with Gasteiger partial charge in [0, 0.05) is 0 Å². The van der Waals surface area contributed by atoms with Crippen molar-refractivity contribution in [3.8, 4) is 0 Å². The number of esters is 2. The summed E-state index contributed by atoms with van der Waals surface area (Å²) in [6.45, 7) is 0. The largest absolute Gasteiger partial charge is 0.393 e. The first-order chi connectivity index (χ1) is 6.09. The molecule has 0 amide bonds. The van der Waals surface area contributed by atoms with Gasteiger partial charge in [-0.15, -0.1) is 23.2 Å². The van der Waals surface area contributed by atoms with Crippen LogP contribution in [0.25, 0.3) is 0 Å². The number of ether oxygens (including phenoxy) is 1. The van der Waals surface area contributed by atoms with Gasteiger partial charge >= 0.3 is 11.9 Å². The van der Waals surface area contributed by atoms with Gasteiger partial charge in [0.05, 0.1) is 22.6 Å². The SMILES string of the molecule is O=C1OC(=O)C2CC(Cl)C(Cl)CC12. The smallest absolute Gasteiger partial charge is 0.317 e. The molecule has 2 fully saturated rings. The highest BCUT2D eigenvalue weighted by molar-refractivity contribution is 6.30. The average molecular weight is 223 g/mol. The Morgan fingerprint density at radius 2 is 1.38 bits per heavy atom. The zero-order chi connectivity index (χ0) is 9.59. The average Bonchev–Trinajstić information content (AvgIpc) is 2.31. The van der Waals surface area contributed by atoms with Gasteiger partial charge in [-0.3, -0.25) is 9.59 Å². The van der Waals surface area contributed by atoms with Crippen LogP contribution in [-0.4, -0.2) is 22.7 Å². The van der Waals surface area contributed by atoms with Crippen LogP contribution in [0, 0.1) is 11.8 Å². The van der Waals surface area contributed by atoms with Gasteiger partial charge in [-0.25, -0.2) is 0 Å². The van der Waals surface area contributed by atoms with E-state index in [2.05, 4.69) is 4.74 Å². The van der Waals surface area contributed by atoms with E-state index in [1.54, 1.807) is 0 Å². The normalized spacial score (nSPS) is 44.5. The van der Waals surface area contributed by atoms with E-state index >= 15 is 0 Å². The second kappa shape index (κ2) is 3.14. The number of carbonyl (C=O) groups excluding carboxylic acids is 2. The fourth-order valence-corrected chi connectivity index (χ4v) is 2.47. The third-order valence-corrected chi connectivity index (χ3v) is 3.74. The number of cyclic esters (lactones) is 2. The lowest BCUT2D eigenvalue weighted by Gasteiger charge is -2.27. The Bertz CT molecular complexity index is 240. The van der Waals surface area contributed by atoms with Gasteiger partial charge in [-0.1, -0.05) is 0 Å². The van der Waals surface area contributed by atoms with Gasteiger partial charge in [0.2, 0.25) is 0 Å². The maximum Gasteiger partial charge on any atom is 0.317 e. The second-order valence-electron chi connectivity index (χ2n) is 3.46. The van der Waals surface area contributed by atoms with Gasteiger partial charge in [-0.2, -0.15) is 0 Å². The maximum absolute atomic E-state index is 11.1. The number of fused-ring (bicyclic) bond motifs is 1. The van der Waals surface area contributed by atoms with Crippen LogP contribution < -0.4 is 0 Å². The summed E-state index contributed by atoms with van der Waals surface area (Å²) in [6.07, 6.45) is 0.899. The lowest BCUT2D eigenvalue weighted by Crippen LogP contribution is -2.34. The van der Waals surface area contributed by atoms with Crippen molar-refractivity contribution < 1.29 is 14.3 Å². The van der Waals surface area contributed by atoms with Crippen molar-refractivity contribution in [3.05, 3.63) is 0 Å². The van der Waals surface area contributed by atoms with Crippen LogP contribution in [0.1, 0.15) is 12.8 Å². The Kier molecular flexibility index (Phi) is 2.24. The van der Waals surface area contributed by atoms with Gasteiger partial charge in [-0.05, 0) is 12.8 Å². The molecule has 0 aromatic carbocycles. The summed E-state index contributed by atoms with van der Waals surface area (Å²) >= 11 is 11.8. The predicted octanol–water partition coefficient (Wildman–Crippen LogP) is 1.31. The van der Waals surface area contributed by atoms with E-state index in [1.165, 1.54) is 0 Å². The minimum Gasteiger partial charge on any atom is -0.393 e. The van der Waals surface area contributed by atoms with Gasteiger partial charge in [0.1, 0.15) is 0 Å². The van der Waals surface area contributed by atoms with Crippen molar-refractivity contribution in [2.75, 3.05) is 0 Å². The number of hydrogen-bond donors (Lipinski definition) is 0. The van der Waals surface area contributed by atoms with Crippen LogP contribution in [0.4, 0.5) is 0 Å². The lowest BCUT2D eigenvalue weighted by molar-refractivity contribution is -0.153. The van der Waals surface area contributed by atoms with E-state index in [9.17, 15) is 9.59 Å². The Morgan fingerprint density at radius 1 is 1.00 bits per heavy atom. The molecule has 3 nitrogen and oxygen atoms in total. The summed E-state index contributed by atoms with van der Waals surface area (Å²) in [4.78, 5) is 22.3. The first-order valence-corrected chi connectivity index (χ1v) is 5.00. The topological polar surface area (TPSA) is 43.4 Å². The fourth-order valence-electron chi connectivity index (χ4n) is 1.88. The summed E-state index contributed by atoms with van der Waals surface area (Å²) in [7, 11) is 0. The molecule has 2 aliphatic rings. The number of halogens is 2. The van der Waals surface area contributed by atoms with Crippen molar-refractivity contribution in [1.82, 2.24) is 0 Å². The Balaban J connectivity index is 2.19. The lowest BCUT2D eigenvalue weighted by atomic mass is 9.80. The Hall–Kier alpha value is -0.280. The fraction of sp³-hybridized carbons (Fsp3) is 0.750. The zero-order valence-electron chi connectivity index (χ0n) is 6.70. The number of carbonyl (C=O) groups is 2. The molecule has 72 valence electrons. The van der Waals surface area contributed by atoms with E-state index in [0.717, 1.165) is 0 Å². The Labute approximate surface area is 85.3 Å². The van der Waals surface area contributed by atoms with Crippen LogP contribution in [0.15, 0.2) is 0 Å². The molecule has 1 aliphatic heterocycles. The van der Waals surface area contributed by atoms with Crippen molar-refractivity contribution in [1.29, 1.82) is 0 Å². The van der Waals surface area contributed by atoms with Crippen LogP contribution in [0.5, 0.6) is 0 Å². The molecular formula is C8H8Cl2O3. The van der Waals surface area contributed by atoms with E-state index in [0.29, 0.717) is 12.8 Å². The minimum atomic E-state index is -0.441. The first-order valence-electron chi connectivity index (χ1n) is 4.13. The molecule has 0 bridgehead atoms. The van der Waals surface area contributed by atoms with E-state index in [-0.39, 0.29) is 22.6 Å². The number of alkyl halides is 2. The number of hydrogen-bond acceptors (Lipinski definition) is 3. The van der Waals surface area contributed by atoms with E-state index in [4.69, 9.17) is 23.2 Å². The molecule has 1 heterocycles. The van der Waals surface area contributed by atoms with Crippen LogP contribution in [0.3, 0.4) is 0 Å². The van der Waals surface area contributed by atoms with Crippen LogP contribution >= 0.6 is 23.2 Å². The molecule has 1 saturated heterocycles. The monoisotopic (exact) mass is 222 g/mol. The van der Waals surface area contributed by atoms with Crippen molar-refractivity contribution in [2.45, 2.75) is 23.6 Å². The molecule has 0 spiro atoms. The molecule has 1 saturated carbocycles. The number of rotatable bonds is 0. The van der Waals surface area contributed by atoms with Crippen molar-refractivity contribution >= 4 is 35.1 Å². The molecule has 13 heavy (non-hydrogen) atoms. The summed E-state index contributed by atoms with van der Waals surface area (Å²) in [5, 5.41) is -0.470. The Morgan fingerprint density at radius 3 is 1.77 bits per heavy atom. The van der Waals surface area contributed by atoms with Gasteiger partial charge < -0.3 is 4.74 Å². The van der Waals surface area contributed by atoms with E-state index in [1.807, 2.05) is 0 Å². The molecule has 0 aromatic rings. The standard InChI is InChI=1S/C8H8Cl2O3/c9-5-1-3-4(2-6(5)10)8(12)13-7(3)11/h3-6H,1-2H2. The summed E-state index contributed by atoms with van der Waals surface area (Å²) in [5.74, 6) is -1.59. The molecule has 4 atom stereocenters. The highest BCUT2D eigenvalue weighted by atomic mass is 35.5. The van der Waals surface area contributed by atoms with E-state index < -0.39 is 11.9 Å². The van der Waals surface area contributed by atoms with Gasteiger partial charge in [0.15, 0.2) is 0 Å². The van der Waals surface area contributed by atoms with Crippen molar-refractivity contribution in [2.24, 2.45) is 11.8 Å². The van der Waals surface area contributed by atoms with Gasteiger partial charge in [0.25, 0.3) is 0 Å². The molecule has 0 aromatic heterocycles. The third kappa shape index (κ3) is 1.44. The zero-order valence-corrected chi connectivity index (χ0v) is 8.22.